The van der Waals surface area contributed by atoms with E-state index in [0.29, 0.717) is 26.2 Å². The first kappa shape index (κ1) is 15.0. The van der Waals surface area contributed by atoms with Crippen LogP contribution in [-0.4, -0.2) is 54.2 Å². The number of carboxylic acids is 1. The molecule has 0 bridgehead atoms. The molecule has 1 amide bonds. The monoisotopic (exact) mass is 298 g/mol. The summed E-state index contributed by atoms with van der Waals surface area (Å²) in [6, 6.07) is 3.92. The molecule has 20 heavy (non-hydrogen) atoms. The molecule has 1 fully saturated rings. The Morgan fingerprint density at radius 2 is 2.40 bits per heavy atom. The fourth-order valence-electron chi connectivity index (χ4n) is 2.10. The Bertz CT molecular complexity index is 449. The Balaban J connectivity index is 1.71. The van der Waals surface area contributed by atoms with Gasteiger partial charge in [-0.2, -0.15) is 0 Å². The van der Waals surface area contributed by atoms with Crippen molar-refractivity contribution in [1.82, 2.24) is 10.2 Å². The summed E-state index contributed by atoms with van der Waals surface area (Å²) >= 11 is 1.60. The number of hydrogen-bond acceptors (Lipinski definition) is 5. The van der Waals surface area contributed by atoms with Gasteiger partial charge in [0.05, 0.1) is 32.2 Å². The van der Waals surface area contributed by atoms with Crippen molar-refractivity contribution in [3.63, 3.8) is 0 Å². The van der Waals surface area contributed by atoms with Crippen LogP contribution < -0.4 is 5.32 Å². The van der Waals surface area contributed by atoms with E-state index in [1.807, 2.05) is 22.4 Å². The number of thiophene rings is 1. The molecule has 1 aliphatic heterocycles. The van der Waals surface area contributed by atoms with E-state index in [2.05, 4.69) is 5.32 Å². The molecule has 1 saturated heterocycles. The van der Waals surface area contributed by atoms with Crippen LogP contribution in [0.1, 0.15) is 11.3 Å². The van der Waals surface area contributed by atoms with E-state index >= 15 is 0 Å². The lowest BCUT2D eigenvalue weighted by Gasteiger charge is -2.31. The summed E-state index contributed by atoms with van der Waals surface area (Å²) in [4.78, 5) is 25.5. The molecule has 0 spiro atoms. The van der Waals surface area contributed by atoms with Crippen LogP contribution in [0.4, 0.5) is 0 Å². The summed E-state index contributed by atoms with van der Waals surface area (Å²) in [6.45, 7) is 2.43. The third kappa shape index (κ3) is 4.92. The molecule has 6 nitrogen and oxygen atoms in total. The average Bonchev–Trinajstić information content (AvgIpc) is 2.89. The number of nitrogens with zero attached hydrogens (tertiary/aromatic N) is 1. The second-order valence-electron chi connectivity index (χ2n) is 4.68. The zero-order valence-electron chi connectivity index (χ0n) is 11.1. The van der Waals surface area contributed by atoms with Crippen LogP contribution >= 0.6 is 11.3 Å². The molecule has 1 aromatic heterocycles. The largest absolute Gasteiger partial charge is 0.481 e. The SMILES string of the molecule is O=C(O)CC1CN(CC(=O)NCc2cccs2)CCO1. The van der Waals surface area contributed by atoms with Crippen molar-refractivity contribution < 1.29 is 19.4 Å². The van der Waals surface area contributed by atoms with Gasteiger partial charge in [0.1, 0.15) is 0 Å². The standard InChI is InChI=1S/C13H18N2O4S/c16-12(14-7-11-2-1-5-20-11)9-15-3-4-19-10(8-15)6-13(17)18/h1-2,5,10H,3-4,6-9H2,(H,14,16)(H,17,18). The van der Waals surface area contributed by atoms with Crippen molar-refractivity contribution in [3.8, 4) is 0 Å². The first-order valence-electron chi connectivity index (χ1n) is 6.48. The van der Waals surface area contributed by atoms with Crippen LogP contribution in [0.5, 0.6) is 0 Å². The average molecular weight is 298 g/mol. The topological polar surface area (TPSA) is 78.9 Å². The Morgan fingerprint density at radius 1 is 1.55 bits per heavy atom. The summed E-state index contributed by atoms with van der Waals surface area (Å²) in [6.07, 6.45) is -0.348. The van der Waals surface area contributed by atoms with Crippen LogP contribution in [0.25, 0.3) is 0 Å². The zero-order valence-corrected chi connectivity index (χ0v) is 11.9. The van der Waals surface area contributed by atoms with Crippen LogP contribution in [0.2, 0.25) is 0 Å². The van der Waals surface area contributed by atoms with Crippen molar-refractivity contribution in [1.29, 1.82) is 0 Å². The van der Waals surface area contributed by atoms with Crippen molar-refractivity contribution >= 4 is 23.2 Å². The van der Waals surface area contributed by atoms with Gasteiger partial charge >= 0.3 is 5.97 Å². The summed E-state index contributed by atoms with van der Waals surface area (Å²) < 4.78 is 5.37. The molecule has 0 aliphatic carbocycles. The maximum absolute atomic E-state index is 11.8. The number of hydrogen-bond donors (Lipinski definition) is 2. The lowest BCUT2D eigenvalue weighted by molar-refractivity contribution is -0.142. The van der Waals surface area contributed by atoms with Crippen molar-refractivity contribution in [3.05, 3.63) is 22.4 Å². The van der Waals surface area contributed by atoms with Gasteiger partial charge in [0.15, 0.2) is 0 Å². The number of aliphatic carboxylic acids is 1. The second kappa shape index (κ2) is 7.37. The highest BCUT2D eigenvalue weighted by Gasteiger charge is 2.23. The minimum atomic E-state index is -0.876. The highest BCUT2D eigenvalue weighted by Crippen LogP contribution is 2.09. The third-order valence-corrected chi connectivity index (χ3v) is 3.91. The van der Waals surface area contributed by atoms with Crippen LogP contribution in [0.15, 0.2) is 17.5 Å². The Hall–Kier alpha value is -1.44. The molecule has 1 atom stereocenters. The first-order chi connectivity index (χ1) is 9.63. The molecule has 7 heteroatoms. The van der Waals surface area contributed by atoms with Gasteiger partial charge < -0.3 is 15.2 Å². The predicted octanol–water partition coefficient (Wildman–Crippen LogP) is 0.540. The number of carbonyl (C=O) groups is 2. The van der Waals surface area contributed by atoms with E-state index in [0.717, 1.165) is 4.88 Å². The highest BCUT2D eigenvalue weighted by molar-refractivity contribution is 7.09. The fraction of sp³-hybridized carbons (Fsp3) is 0.538. The summed E-state index contributed by atoms with van der Waals surface area (Å²) in [5.41, 5.74) is 0. The molecule has 2 N–H and O–H groups in total. The maximum Gasteiger partial charge on any atom is 0.306 e. The van der Waals surface area contributed by atoms with Crippen LogP contribution in [-0.2, 0) is 20.9 Å². The molecule has 2 heterocycles. The van der Waals surface area contributed by atoms with Gasteiger partial charge in [0, 0.05) is 18.0 Å². The minimum absolute atomic E-state index is 0.0205. The van der Waals surface area contributed by atoms with E-state index < -0.39 is 5.97 Å². The highest BCUT2D eigenvalue weighted by atomic mass is 32.1. The Morgan fingerprint density at radius 3 is 3.10 bits per heavy atom. The van der Waals surface area contributed by atoms with E-state index in [-0.39, 0.29) is 25.0 Å². The maximum atomic E-state index is 11.8. The van der Waals surface area contributed by atoms with E-state index in [9.17, 15) is 9.59 Å². The quantitative estimate of drug-likeness (QED) is 0.801. The molecular formula is C13H18N2O4S. The zero-order chi connectivity index (χ0) is 14.4. The summed E-state index contributed by atoms with van der Waals surface area (Å²) in [5.74, 6) is -0.923. The van der Waals surface area contributed by atoms with Gasteiger partial charge in [-0.05, 0) is 11.4 Å². The number of rotatable bonds is 6. The Labute approximate surface area is 121 Å². The lowest BCUT2D eigenvalue weighted by atomic mass is 10.2. The smallest absolute Gasteiger partial charge is 0.306 e. The van der Waals surface area contributed by atoms with Crippen molar-refractivity contribution in [2.45, 2.75) is 19.1 Å². The van der Waals surface area contributed by atoms with Crippen LogP contribution in [0, 0.1) is 0 Å². The summed E-state index contributed by atoms with van der Waals surface area (Å²) in [5, 5.41) is 13.6. The molecule has 0 radical (unpaired) electrons. The molecule has 0 aromatic carbocycles. The fourth-order valence-corrected chi connectivity index (χ4v) is 2.74. The predicted molar refractivity (Wildman–Crippen MR) is 74.6 cm³/mol. The second-order valence-corrected chi connectivity index (χ2v) is 5.71. The molecule has 1 aliphatic rings. The van der Waals surface area contributed by atoms with Gasteiger partial charge in [0.25, 0.3) is 0 Å². The van der Waals surface area contributed by atoms with Crippen molar-refractivity contribution in [2.24, 2.45) is 0 Å². The van der Waals surface area contributed by atoms with Gasteiger partial charge in [-0.1, -0.05) is 6.07 Å². The van der Waals surface area contributed by atoms with Gasteiger partial charge in [0.2, 0.25) is 5.91 Å². The summed E-state index contributed by atoms with van der Waals surface area (Å²) in [7, 11) is 0. The molecule has 0 saturated carbocycles. The number of nitrogens with one attached hydrogen (secondary N) is 1. The normalized spacial score (nSPS) is 19.7. The molecule has 2 rings (SSSR count). The minimum Gasteiger partial charge on any atom is -0.481 e. The molecule has 110 valence electrons. The van der Waals surface area contributed by atoms with Gasteiger partial charge in [-0.25, -0.2) is 0 Å². The van der Waals surface area contributed by atoms with Crippen LogP contribution in [0.3, 0.4) is 0 Å². The van der Waals surface area contributed by atoms with E-state index in [4.69, 9.17) is 9.84 Å². The third-order valence-electron chi connectivity index (χ3n) is 3.03. The van der Waals surface area contributed by atoms with E-state index in [1.54, 1.807) is 11.3 Å². The van der Waals surface area contributed by atoms with Gasteiger partial charge in [-0.15, -0.1) is 11.3 Å². The number of morpholine rings is 1. The number of amides is 1. The van der Waals surface area contributed by atoms with Crippen molar-refractivity contribution in [2.75, 3.05) is 26.2 Å². The molecule has 1 aromatic rings. The molecular weight excluding hydrogens is 280 g/mol. The Kier molecular flexibility index (Phi) is 5.51. The lowest BCUT2D eigenvalue weighted by Crippen LogP contribution is -2.47. The number of ether oxygens (including phenoxy) is 1. The van der Waals surface area contributed by atoms with Gasteiger partial charge in [-0.3, -0.25) is 14.5 Å². The first-order valence-corrected chi connectivity index (χ1v) is 7.36. The van der Waals surface area contributed by atoms with E-state index in [1.165, 1.54) is 0 Å². The molecule has 1 unspecified atom stereocenters. The number of carbonyl (C=O) groups excluding carboxylic acids is 1. The number of carboxylic acid groups (broad SMARTS) is 1.